The fourth-order valence-corrected chi connectivity index (χ4v) is 1.22. The number of nitrogens with two attached hydrogens (primary N) is 2. The van der Waals surface area contributed by atoms with Crippen LogP contribution < -0.4 is 11.5 Å². The molecule has 0 fully saturated rings. The van der Waals surface area contributed by atoms with Gasteiger partial charge in [0.2, 0.25) is 11.8 Å². The van der Waals surface area contributed by atoms with E-state index in [1.165, 1.54) is 4.90 Å². The molecule has 14 heavy (non-hydrogen) atoms. The van der Waals surface area contributed by atoms with E-state index in [4.69, 9.17) is 11.5 Å². The van der Waals surface area contributed by atoms with E-state index in [9.17, 15) is 9.59 Å². The Morgan fingerprint density at radius 3 is 2.21 bits per heavy atom. The molecule has 0 radical (unpaired) electrons. The molecular weight excluding hydrogens is 182 g/mol. The largest absolute Gasteiger partial charge is 0.370 e. The molecule has 5 heteroatoms. The molecule has 0 aromatic heterocycles. The fraction of sp³-hybridized carbons (Fsp3) is 0.778. The van der Waals surface area contributed by atoms with Gasteiger partial charge in [0.05, 0.1) is 12.5 Å². The highest BCUT2D eigenvalue weighted by Crippen LogP contribution is 1.99. The molecule has 0 aliphatic rings. The van der Waals surface area contributed by atoms with Crippen molar-refractivity contribution in [3.8, 4) is 0 Å². The fourth-order valence-electron chi connectivity index (χ4n) is 1.22. The van der Waals surface area contributed by atoms with Gasteiger partial charge in [-0.25, -0.2) is 0 Å². The summed E-state index contributed by atoms with van der Waals surface area (Å²) in [4.78, 5) is 23.6. The zero-order chi connectivity index (χ0) is 11.3. The number of amides is 2. The molecule has 2 amide bonds. The van der Waals surface area contributed by atoms with Crippen LogP contribution in [0.2, 0.25) is 0 Å². The van der Waals surface area contributed by atoms with E-state index in [2.05, 4.69) is 0 Å². The number of carbonyl (C=O) groups excluding carboxylic acids is 2. The zero-order valence-electron chi connectivity index (χ0n) is 8.99. The lowest BCUT2D eigenvalue weighted by atomic mass is 10.1. The Kier molecular flexibility index (Phi) is 5.15. The van der Waals surface area contributed by atoms with Crippen LogP contribution in [0.1, 0.15) is 20.3 Å². The molecule has 0 aliphatic heterocycles. The van der Waals surface area contributed by atoms with Gasteiger partial charge in [0.25, 0.3) is 0 Å². The quantitative estimate of drug-likeness (QED) is 0.616. The lowest BCUT2D eigenvalue weighted by Gasteiger charge is -2.22. The van der Waals surface area contributed by atoms with E-state index in [-0.39, 0.29) is 12.3 Å². The monoisotopic (exact) mass is 201 g/mol. The lowest BCUT2D eigenvalue weighted by Crippen LogP contribution is -2.44. The summed E-state index contributed by atoms with van der Waals surface area (Å²) >= 11 is 0. The number of primary amides is 1. The number of carbonyl (C=O) groups is 2. The molecule has 1 unspecified atom stereocenters. The Hall–Kier alpha value is -1.10. The van der Waals surface area contributed by atoms with Crippen molar-refractivity contribution in [2.24, 2.45) is 17.4 Å². The maximum absolute atomic E-state index is 11.5. The van der Waals surface area contributed by atoms with Crippen molar-refractivity contribution in [2.45, 2.75) is 26.3 Å². The second kappa shape index (κ2) is 5.59. The van der Waals surface area contributed by atoms with Crippen molar-refractivity contribution >= 4 is 11.8 Å². The van der Waals surface area contributed by atoms with Crippen LogP contribution in [0.5, 0.6) is 0 Å². The van der Waals surface area contributed by atoms with Crippen molar-refractivity contribution in [3.63, 3.8) is 0 Å². The summed E-state index contributed by atoms with van der Waals surface area (Å²) in [5.41, 5.74) is 10.4. The predicted octanol–water partition coefficient (Wildman–Crippen LogP) is -0.696. The Labute approximate surface area is 84.4 Å². The van der Waals surface area contributed by atoms with Crippen LogP contribution in [-0.4, -0.2) is 36.3 Å². The van der Waals surface area contributed by atoms with E-state index in [1.807, 2.05) is 13.8 Å². The number of nitrogens with zero attached hydrogens (tertiary/aromatic N) is 1. The van der Waals surface area contributed by atoms with E-state index in [0.29, 0.717) is 12.5 Å². The van der Waals surface area contributed by atoms with Gasteiger partial charge in [-0.1, -0.05) is 13.8 Å². The predicted molar refractivity (Wildman–Crippen MR) is 54.3 cm³/mol. The van der Waals surface area contributed by atoms with Crippen LogP contribution >= 0.6 is 0 Å². The van der Waals surface area contributed by atoms with Gasteiger partial charge in [-0.3, -0.25) is 9.59 Å². The molecule has 0 saturated heterocycles. The minimum absolute atomic E-state index is 0.0960. The standard InChI is InChI=1S/C9H19N3O2/c1-6(2)5-12(3)9(14)7(10)4-8(11)13/h6-7H,4-5,10H2,1-3H3,(H2,11,13). The molecule has 0 aliphatic carbocycles. The third-order valence-corrected chi connectivity index (χ3v) is 1.75. The Balaban J connectivity index is 4.10. The summed E-state index contributed by atoms with van der Waals surface area (Å²) in [6.07, 6.45) is -0.0960. The summed E-state index contributed by atoms with van der Waals surface area (Å²) < 4.78 is 0. The summed E-state index contributed by atoms with van der Waals surface area (Å²) in [5, 5.41) is 0. The Bertz CT molecular complexity index is 216. The molecule has 82 valence electrons. The first-order valence-corrected chi connectivity index (χ1v) is 4.63. The van der Waals surface area contributed by atoms with Gasteiger partial charge in [0.1, 0.15) is 0 Å². The van der Waals surface area contributed by atoms with Crippen molar-refractivity contribution in [1.82, 2.24) is 4.90 Å². The molecule has 0 aromatic carbocycles. The summed E-state index contributed by atoms with van der Waals surface area (Å²) in [5.74, 6) is -0.411. The van der Waals surface area contributed by atoms with Crippen LogP contribution in [0.3, 0.4) is 0 Å². The SMILES string of the molecule is CC(C)CN(C)C(=O)C(N)CC(N)=O. The average Bonchev–Trinajstić information content (AvgIpc) is 2.00. The second-order valence-electron chi connectivity index (χ2n) is 3.89. The van der Waals surface area contributed by atoms with E-state index < -0.39 is 11.9 Å². The molecule has 0 saturated carbocycles. The van der Waals surface area contributed by atoms with Gasteiger partial charge < -0.3 is 16.4 Å². The Morgan fingerprint density at radius 1 is 1.36 bits per heavy atom. The molecular formula is C9H19N3O2. The van der Waals surface area contributed by atoms with Crippen LogP contribution in [0.25, 0.3) is 0 Å². The van der Waals surface area contributed by atoms with Crippen LogP contribution in [0.4, 0.5) is 0 Å². The van der Waals surface area contributed by atoms with E-state index >= 15 is 0 Å². The van der Waals surface area contributed by atoms with Gasteiger partial charge in [-0.15, -0.1) is 0 Å². The van der Waals surface area contributed by atoms with Crippen molar-refractivity contribution in [1.29, 1.82) is 0 Å². The highest BCUT2D eigenvalue weighted by Gasteiger charge is 2.20. The van der Waals surface area contributed by atoms with Crippen molar-refractivity contribution < 1.29 is 9.59 Å². The normalized spacial score (nSPS) is 12.6. The number of hydrogen-bond donors (Lipinski definition) is 2. The van der Waals surface area contributed by atoms with Gasteiger partial charge >= 0.3 is 0 Å². The summed E-state index contributed by atoms with van der Waals surface area (Å²) in [6.45, 7) is 4.64. The minimum Gasteiger partial charge on any atom is -0.370 e. The van der Waals surface area contributed by atoms with E-state index in [0.717, 1.165) is 0 Å². The number of hydrogen-bond acceptors (Lipinski definition) is 3. The van der Waals surface area contributed by atoms with Crippen LogP contribution in [0.15, 0.2) is 0 Å². The van der Waals surface area contributed by atoms with Crippen LogP contribution in [0, 0.1) is 5.92 Å². The second-order valence-corrected chi connectivity index (χ2v) is 3.89. The van der Waals surface area contributed by atoms with Crippen LogP contribution in [-0.2, 0) is 9.59 Å². The number of likely N-dealkylation sites (N-methyl/N-ethyl adjacent to an activating group) is 1. The van der Waals surface area contributed by atoms with Crippen molar-refractivity contribution in [3.05, 3.63) is 0 Å². The first-order chi connectivity index (χ1) is 6.34. The van der Waals surface area contributed by atoms with Gasteiger partial charge in [-0.05, 0) is 5.92 Å². The third-order valence-electron chi connectivity index (χ3n) is 1.75. The number of rotatable bonds is 5. The van der Waals surface area contributed by atoms with Gasteiger partial charge in [0.15, 0.2) is 0 Å². The maximum Gasteiger partial charge on any atom is 0.239 e. The summed E-state index contributed by atoms with van der Waals surface area (Å²) in [7, 11) is 1.67. The highest BCUT2D eigenvalue weighted by atomic mass is 16.2. The first-order valence-electron chi connectivity index (χ1n) is 4.63. The molecule has 0 rings (SSSR count). The molecule has 0 aromatic rings. The smallest absolute Gasteiger partial charge is 0.239 e. The van der Waals surface area contributed by atoms with Gasteiger partial charge in [-0.2, -0.15) is 0 Å². The van der Waals surface area contributed by atoms with Crippen molar-refractivity contribution in [2.75, 3.05) is 13.6 Å². The lowest BCUT2D eigenvalue weighted by molar-refractivity contribution is -0.133. The highest BCUT2D eigenvalue weighted by molar-refractivity contribution is 5.87. The molecule has 0 heterocycles. The minimum atomic E-state index is -0.809. The summed E-state index contributed by atoms with van der Waals surface area (Å²) in [6, 6.07) is -0.809. The zero-order valence-corrected chi connectivity index (χ0v) is 8.99. The van der Waals surface area contributed by atoms with Gasteiger partial charge in [0, 0.05) is 13.6 Å². The third kappa shape index (κ3) is 4.81. The maximum atomic E-state index is 11.5. The first kappa shape index (κ1) is 12.9. The molecule has 1 atom stereocenters. The Morgan fingerprint density at radius 2 is 1.86 bits per heavy atom. The average molecular weight is 201 g/mol. The molecule has 0 bridgehead atoms. The molecule has 4 N–H and O–H groups in total. The van der Waals surface area contributed by atoms with E-state index in [1.54, 1.807) is 7.05 Å². The molecule has 0 spiro atoms. The topological polar surface area (TPSA) is 89.4 Å². The molecule has 5 nitrogen and oxygen atoms in total.